The largest absolute Gasteiger partial charge is 0.289 e. The molecule has 2 aromatic rings. The van der Waals surface area contributed by atoms with E-state index in [1.54, 1.807) is 6.08 Å². The number of ketones is 1. The van der Waals surface area contributed by atoms with E-state index in [0.29, 0.717) is 0 Å². The maximum atomic E-state index is 12.3. The quantitative estimate of drug-likeness (QED) is 0.554. The van der Waals surface area contributed by atoms with Crippen molar-refractivity contribution >= 4 is 16.6 Å². The van der Waals surface area contributed by atoms with E-state index in [2.05, 4.69) is 13.8 Å². The van der Waals surface area contributed by atoms with Gasteiger partial charge >= 0.3 is 0 Å². The molecule has 0 bridgehead atoms. The second-order valence-electron chi connectivity index (χ2n) is 4.40. The number of rotatable bonds is 4. The van der Waals surface area contributed by atoms with Crippen LogP contribution in [0.1, 0.15) is 37.0 Å². The highest BCUT2D eigenvalue weighted by atomic mass is 16.1. The second-order valence-corrected chi connectivity index (χ2v) is 4.40. The standard InChI is InChI=1S/C17H18O/c1-3-13(4-2)12-17(18)16-11-7-9-14-8-5-6-10-15(14)16/h5-12H,3-4H2,1-2H3. The Morgan fingerprint density at radius 1 is 1.00 bits per heavy atom. The maximum absolute atomic E-state index is 12.3. The number of hydrogen-bond donors (Lipinski definition) is 0. The fourth-order valence-corrected chi connectivity index (χ4v) is 2.16. The molecule has 0 unspecified atom stereocenters. The van der Waals surface area contributed by atoms with Gasteiger partial charge in [0, 0.05) is 5.56 Å². The SMILES string of the molecule is CCC(=CC(=O)c1cccc2ccccc12)CC. The molecule has 0 aliphatic heterocycles. The lowest BCUT2D eigenvalue weighted by Crippen LogP contribution is -1.97. The average Bonchev–Trinajstić information content (AvgIpc) is 2.43. The van der Waals surface area contributed by atoms with Gasteiger partial charge < -0.3 is 0 Å². The molecule has 0 amide bonds. The highest BCUT2D eigenvalue weighted by Gasteiger charge is 2.07. The van der Waals surface area contributed by atoms with Crippen molar-refractivity contribution in [3.05, 3.63) is 59.7 Å². The van der Waals surface area contributed by atoms with Crippen molar-refractivity contribution in [3.63, 3.8) is 0 Å². The van der Waals surface area contributed by atoms with E-state index in [1.165, 1.54) is 5.57 Å². The van der Waals surface area contributed by atoms with Crippen LogP contribution in [0.4, 0.5) is 0 Å². The summed E-state index contributed by atoms with van der Waals surface area (Å²) in [6.07, 6.45) is 3.67. The molecule has 2 rings (SSSR count). The minimum Gasteiger partial charge on any atom is -0.289 e. The third-order valence-electron chi connectivity index (χ3n) is 3.30. The molecule has 0 aliphatic rings. The van der Waals surface area contributed by atoms with E-state index in [1.807, 2.05) is 42.5 Å². The van der Waals surface area contributed by atoms with E-state index < -0.39 is 0 Å². The molecular formula is C17H18O. The first-order chi connectivity index (χ1) is 8.76. The Morgan fingerprint density at radius 3 is 2.39 bits per heavy atom. The van der Waals surface area contributed by atoms with Crippen LogP contribution in [-0.2, 0) is 0 Å². The average molecular weight is 238 g/mol. The minimum atomic E-state index is 0.116. The maximum Gasteiger partial charge on any atom is 0.186 e. The van der Waals surface area contributed by atoms with Gasteiger partial charge in [0.2, 0.25) is 0 Å². The summed E-state index contributed by atoms with van der Waals surface area (Å²) >= 11 is 0. The molecule has 1 heteroatoms. The number of benzene rings is 2. The molecule has 18 heavy (non-hydrogen) atoms. The number of hydrogen-bond acceptors (Lipinski definition) is 1. The van der Waals surface area contributed by atoms with E-state index in [4.69, 9.17) is 0 Å². The highest BCUT2D eigenvalue weighted by molar-refractivity contribution is 6.13. The molecule has 0 atom stereocenters. The monoisotopic (exact) mass is 238 g/mol. The van der Waals surface area contributed by atoms with Crippen LogP contribution >= 0.6 is 0 Å². The predicted octanol–water partition coefficient (Wildman–Crippen LogP) is 4.77. The number of carbonyl (C=O) groups excluding carboxylic acids is 1. The van der Waals surface area contributed by atoms with Gasteiger partial charge in [0.25, 0.3) is 0 Å². The summed E-state index contributed by atoms with van der Waals surface area (Å²) in [5, 5.41) is 2.15. The Balaban J connectivity index is 2.48. The van der Waals surface area contributed by atoms with Crippen LogP contribution in [0.25, 0.3) is 10.8 Å². The Hall–Kier alpha value is -1.89. The molecule has 1 nitrogen and oxygen atoms in total. The van der Waals surface area contributed by atoms with Gasteiger partial charge in [0.1, 0.15) is 0 Å². The Kier molecular flexibility index (Phi) is 3.93. The van der Waals surface area contributed by atoms with E-state index >= 15 is 0 Å². The van der Waals surface area contributed by atoms with Crippen molar-refractivity contribution in [2.75, 3.05) is 0 Å². The Bertz CT molecular complexity index is 582. The van der Waals surface area contributed by atoms with Crippen molar-refractivity contribution in [2.24, 2.45) is 0 Å². The fraction of sp³-hybridized carbons (Fsp3) is 0.235. The lowest BCUT2D eigenvalue weighted by molar-refractivity contribution is 0.104. The molecule has 0 saturated heterocycles. The molecule has 0 fully saturated rings. The summed E-state index contributed by atoms with van der Waals surface area (Å²) in [4.78, 5) is 12.3. The third kappa shape index (κ3) is 2.51. The smallest absolute Gasteiger partial charge is 0.186 e. The van der Waals surface area contributed by atoms with Gasteiger partial charge in [0.05, 0.1) is 0 Å². The van der Waals surface area contributed by atoms with Gasteiger partial charge in [-0.25, -0.2) is 0 Å². The number of carbonyl (C=O) groups is 1. The van der Waals surface area contributed by atoms with E-state index in [9.17, 15) is 4.79 Å². The summed E-state index contributed by atoms with van der Waals surface area (Å²) in [6.45, 7) is 4.18. The molecule has 0 N–H and O–H groups in total. The van der Waals surface area contributed by atoms with Crippen molar-refractivity contribution < 1.29 is 4.79 Å². The van der Waals surface area contributed by atoms with Gasteiger partial charge in [-0.3, -0.25) is 4.79 Å². The van der Waals surface area contributed by atoms with Gasteiger partial charge in [-0.15, -0.1) is 0 Å². The van der Waals surface area contributed by atoms with Crippen LogP contribution in [-0.4, -0.2) is 5.78 Å². The van der Waals surface area contributed by atoms with Gasteiger partial charge in [-0.05, 0) is 29.7 Å². The molecule has 2 aromatic carbocycles. The molecule has 92 valence electrons. The van der Waals surface area contributed by atoms with Gasteiger partial charge in [-0.2, -0.15) is 0 Å². The predicted molar refractivity (Wildman–Crippen MR) is 76.9 cm³/mol. The van der Waals surface area contributed by atoms with Crippen LogP contribution in [0.2, 0.25) is 0 Å². The van der Waals surface area contributed by atoms with Gasteiger partial charge in [-0.1, -0.05) is 61.9 Å². The zero-order valence-corrected chi connectivity index (χ0v) is 10.9. The summed E-state index contributed by atoms with van der Waals surface area (Å²) in [7, 11) is 0. The molecule has 0 heterocycles. The summed E-state index contributed by atoms with van der Waals surface area (Å²) < 4.78 is 0. The Morgan fingerprint density at radius 2 is 1.67 bits per heavy atom. The normalized spacial score (nSPS) is 10.3. The van der Waals surface area contributed by atoms with E-state index in [-0.39, 0.29) is 5.78 Å². The Labute approximate surface area is 108 Å². The zero-order chi connectivity index (χ0) is 13.0. The fourth-order valence-electron chi connectivity index (χ4n) is 2.16. The molecule has 0 radical (unpaired) electrons. The lowest BCUT2D eigenvalue weighted by Gasteiger charge is -2.04. The molecule has 0 aliphatic carbocycles. The first kappa shape index (κ1) is 12.6. The topological polar surface area (TPSA) is 17.1 Å². The van der Waals surface area contributed by atoms with Crippen LogP contribution < -0.4 is 0 Å². The zero-order valence-electron chi connectivity index (χ0n) is 10.9. The van der Waals surface area contributed by atoms with Crippen molar-refractivity contribution in [2.45, 2.75) is 26.7 Å². The lowest BCUT2D eigenvalue weighted by atomic mass is 9.99. The van der Waals surface area contributed by atoms with Crippen LogP contribution in [0, 0.1) is 0 Å². The number of allylic oxidation sites excluding steroid dienone is 2. The first-order valence-corrected chi connectivity index (χ1v) is 6.47. The first-order valence-electron chi connectivity index (χ1n) is 6.47. The summed E-state index contributed by atoms with van der Waals surface area (Å²) in [5.74, 6) is 0.116. The van der Waals surface area contributed by atoms with Crippen molar-refractivity contribution in [1.82, 2.24) is 0 Å². The van der Waals surface area contributed by atoms with Crippen LogP contribution in [0.5, 0.6) is 0 Å². The third-order valence-corrected chi connectivity index (χ3v) is 3.30. The molecular weight excluding hydrogens is 220 g/mol. The summed E-state index contributed by atoms with van der Waals surface area (Å²) in [6, 6.07) is 13.9. The van der Waals surface area contributed by atoms with Gasteiger partial charge in [0.15, 0.2) is 5.78 Å². The molecule has 0 aromatic heterocycles. The van der Waals surface area contributed by atoms with Crippen LogP contribution in [0.15, 0.2) is 54.1 Å². The van der Waals surface area contributed by atoms with E-state index in [0.717, 1.165) is 29.2 Å². The number of fused-ring (bicyclic) bond motifs is 1. The molecule has 0 saturated carbocycles. The minimum absolute atomic E-state index is 0.116. The highest BCUT2D eigenvalue weighted by Crippen LogP contribution is 2.20. The second kappa shape index (κ2) is 5.63. The van der Waals surface area contributed by atoms with Crippen molar-refractivity contribution in [3.8, 4) is 0 Å². The molecule has 0 spiro atoms. The van der Waals surface area contributed by atoms with Crippen LogP contribution in [0.3, 0.4) is 0 Å². The van der Waals surface area contributed by atoms with Crippen molar-refractivity contribution in [1.29, 1.82) is 0 Å². The summed E-state index contributed by atoms with van der Waals surface area (Å²) in [5.41, 5.74) is 2.00.